The molecule has 1 aliphatic heterocycles. The van der Waals surface area contributed by atoms with Crippen LogP contribution in [0.25, 0.3) is 6.08 Å². The second-order valence-electron chi connectivity index (χ2n) is 6.99. The van der Waals surface area contributed by atoms with Crippen molar-refractivity contribution in [2.24, 2.45) is 0 Å². The van der Waals surface area contributed by atoms with Gasteiger partial charge in [-0.25, -0.2) is 14.4 Å². The smallest absolute Gasteiger partial charge is 0.348 e. The number of benzene rings is 2. The highest BCUT2D eigenvalue weighted by atomic mass is 16.7. The van der Waals surface area contributed by atoms with Gasteiger partial charge in [0.25, 0.3) is 5.79 Å². The minimum atomic E-state index is -1.32. The van der Waals surface area contributed by atoms with Crippen molar-refractivity contribution in [3.63, 3.8) is 0 Å². The largest absolute Gasteiger partial charge is 0.497 e. The summed E-state index contributed by atoms with van der Waals surface area (Å²) in [5.41, 5.74) is 0.561. The van der Waals surface area contributed by atoms with Gasteiger partial charge >= 0.3 is 17.9 Å². The van der Waals surface area contributed by atoms with Gasteiger partial charge in [0.1, 0.15) is 11.3 Å². The highest BCUT2D eigenvalue weighted by molar-refractivity contribution is 6.18. The Morgan fingerprint density at radius 2 is 1.65 bits per heavy atom. The topological polar surface area (TPSA) is 97.4 Å². The van der Waals surface area contributed by atoms with Gasteiger partial charge in [-0.2, -0.15) is 0 Å². The minimum absolute atomic E-state index is 0.194. The number of cyclic esters (lactones) is 2. The molecule has 0 unspecified atom stereocenters. The van der Waals surface area contributed by atoms with Crippen molar-refractivity contribution in [2.75, 3.05) is 13.7 Å². The Bertz CT molecular complexity index is 1010. The number of methoxy groups -OCH3 is 1. The number of ether oxygens (including phenoxy) is 5. The Morgan fingerprint density at radius 3 is 2.23 bits per heavy atom. The fourth-order valence-corrected chi connectivity index (χ4v) is 2.80. The van der Waals surface area contributed by atoms with Crippen molar-refractivity contribution in [2.45, 2.75) is 26.6 Å². The summed E-state index contributed by atoms with van der Waals surface area (Å²) in [6.45, 7) is 5.03. The molecule has 0 bridgehead atoms. The van der Waals surface area contributed by atoms with E-state index < -0.39 is 23.7 Å². The first-order chi connectivity index (χ1) is 14.7. The van der Waals surface area contributed by atoms with Crippen LogP contribution in [0.5, 0.6) is 17.2 Å². The predicted molar refractivity (Wildman–Crippen MR) is 110 cm³/mol. The molecule has 0 saturated carbocycles. The molecule has 8 nitrogen and oxygen atoms in total. The monoisotopic (exact) mass is 426 g/mol. The third-order valence-electron chi connectivity index (χ3n) is 4.22. The van der Waals surface area contributed by atoms with Gasteiger partial charge in [-0.15, -0.1) is 0 Å². The number of carbonyl (C=O) groups is 3. The molecule has 1 saturated heterocycles. The first kappa shape index (κ1) is 21.9. The number of rotatable bonds is 6. The normalized spacial score (nSPS) is 14.9. The van der Waals surface area contributed by atoms with Gasteiger partial charge in [0, 0.05) is 13.8 Å². The first-order valence-electron chi connectivity index (χ1n) is 9.54. The molecule has 8 heteroatoms. The lowest BCUT2D eigenvalue weighted by molar-refractivity contribution is -0.222. The van der Waals surface area contributed by atoms with E-state index >= 15 is 0 Å². The van der Waals surface area contributed by atoms with Crippen molar-refractivity contribution in [1.82, 2.24) is 0 Å². The molecule has 1 heterocycles. The second-order valence-corrected chi connectivity index (χ2v) is 6.99. The summed E-state index contributed by atoms with van der Waals surface area (Å²) < 4.78 is 26.3. The van der Waals surface area contributed by atoms with Crippen LogP contribution in [-0.4, -0.2) is 37.4 Å². The molecule has 0 spiro atoms. The molecular weight excluding hydrogens is 404 g/mol. The molecule has 0 atom stereocenters. The highest BCUT2D eigenvalue weighted by Crippen LogP contribution is 2.31. The van der Waals surface area contributed by atoms with Gasteiger partial charge in [0.2, 0.25) is 0 Å². The molecule has 2 aromatic rings. The molecule has 0 aliphatic carbocycles. The lowest BCUT2D eigenvalue weighted by Crippen LogP contribution is -2.41. The maximum absolute atomic E-state index is 12.5. The predicted octanol–water partition coefficient (Wildman–Crippen LogP) is 3.53. The maximum Gasteiger partial charge on any atom is 0.348 e. The van der Waals surface area contributed by atoms with Gasteiger partial charge < -0.3 is 23.7 Å². The zero-order chi connectivity index (χ0) is 22.6. The van der Waals surface area contributed by atoms with Gasteiger partial charge in [0.05, 0.1) is 19.3 Å². The van der Waals surface area contributed by atoms with Crippen molar-refractivity contribution in [3.8, 4) is 17.2 Å². The van der Waals surface area contributed by atoms with E-state index in [1.165, 1.54) is 33.1 Å². The summed E-state index contributed by atoms with van der Waals surface area (Å²) >= 11 is 0. The molecule has 2 aromatic carbocycles. The Hall–Kier alpha value is -3.81. The number of carbonyl (C=O) groups excluding carboxylic acids is 3. The Balaban J connectivity index is 1.84. The van der Waals surface area contributed by atoms with E-state index in [1.807, 2.05) is 0 Å². The third kappa shape index (κ3) is 5.22. The van der Waals surface area contributed by atoms with E-state index in [0.717, 1.165) is 0 Å². The minimum Gasteiger partial charge on any atom is -0.497 e. The summed E-state index contributed by atoms with van der Waals surface area (Å²) in [6.07, 6.45) is 1.33. The third-order valence-corrected chi connectivity index (χ3v) is 4.22. The van der Waals surface area contributed by atoms with Gasteiger partial charge in [0.15, 0.2) is 11.5 Å². The average Bonchev–Trinajstić information content (AvgIpc) is 2.72. The van der Waals surface area contributed by atoms with Gasteiger partial charge in [-0.05, 0) is 55.0 Å². The van der Waals surface area contributed by atoms with E-state index in [0.29, 0.717) is 23.5 Å². The van der Waals surface area contributed by atoms with Crippen molar-refractivity contribution in [3.05, 3.63) is 59.2 Å². The first-order valence-corrected chi connectivity index (χ1v) is 9.54. The molecule has 1 fully saturated rings. The van der Waals surface area contributed by atoms with Crippen LogP contribution in [-0.2, 0) is 19.1 Å². The summed E-state index contributed by atoms with van der Waals surface area (Å²) in [4.78, 5) is 36.8. The van der Waals surface area contributed by atoms with Crippen LogP contribution in [0.2, 0.25) is 0 Å². The van der Waals surface area contributed by atoms with Crippen LogP contribution in [0.15, 0.2) is 48.0 Å². The van der Waals surface area contributed by atoms with Crippen LogP contribution in [0.4, 0.5) is 0 Å². The molecule has 0 aromatic heterocycles. The van der Waals surface area contributed by atoms with E-state index in [-0.39, 0.29) is 17.1 Å². The van der Waals surface area contributed by atoms with Crippen LogP contribution >= 0.6 is 0 Å². The zero-order valence-corrected chi connectivity index (χ0v) is 17.6. The molecule has 0 amide bonds. The maximum atomic E-state index is 12.5. The quantitative estimate of drug-likeness (QED) is 0.300. The van der Waals surface area contributed by atoms with E-state index in [1.54, 1.807) is 43.3 Å². The zero-order valence-electron chi connectivity index (χ0n) is 17.6. The second kappa shape index (κ2) is 8.91. The fourth-order valence-electron chi connectivity index (χ4n) is 2.80. The highest BCUT2D eigenvalue weighted by Gasteiger charge is 2.38. The number of hydrogen-bond acceptors (Lipinski definition) is 8. The standard InChI is InChI=1S/C23H22O8/c1-5-28-19-13-14(12-17-21(25)30-23(2,3)31-22(17)26)6-11-18(19)29-20(24)15-7-9-16(27-4)10-8-15/h6-13H,5H2,1-4H3. The Morgan fingerprint density at radius 1 is 1.00 bits per heavy atom. The van der Waals surface area contributed by atoms with Crippen LogP contribution < -0.4 is 14.2 Å². The average molecular weight is 426 g/mol. The Labute approximate surface area is 179 Å². The lowest BCUT2D eigenvalue weighted by atomic mass is 10.1. The summed E-state index contributed by atoms with van der Waals surface area (Å²) in [5.74, 6) is -2.37. The van der Waals surface area contributed by atoms with Crippen LogP contribution in [0.3, 0.4) is 0 Å². The van der Waals surface area contributed by atoms with Gasteiger partial charge in [-0.3, -0.25) is 0 Å². The molecule has 31 heavy (non-hydrogen) atoms. The fraction of sp³-hybridized carbons (Fsp3) is 0.261. The molecule has 162 valence electrons. The van der Waals surface area contributed by atoms with Crippen molar-refractivity contribution in [1.29, 1.82) is 0 Å². The van der Waals surface area contributed by atoms with E-state index in [4.69, 9.17) is 23.7 Å². The molecule has 3 rings (SSSR count). The number of hydrogen-bond donors (Lipinski definition) is 0. The SMILES string of the molecule is CCOc1cc(C=C2C(=O)OC(C)(C)OC2=O)ccc1OC(=O)c1ccc(OC)cc1. The molecular formula is C23H22O8. The lowest BCUT2D eigenvalue weighted by Gasteiger charge is -2.29. The molecule has 0 N–H and O–H groups in total. The summed E-state index contributed by atoms with van der Waals surface area (Å²) in [5, 5.41) is 0. The van der Waals surface area contributed by atoms with E-state index in [9.17, 15) is 14.4 Å². The van der Waals surface area contributed by atoms with Crippen LogP contribution in [0.1, 0.15) is 36.7 Å². The van der Waals surface area contributed by atoms with Crippen molar-refractivity contribution < 1.29 is 38.1 Å². The summed E-state index contributed by atoms with van der Waals surface area (Å²) in [7, 11) is 1.53. The van der Waals surface area contributed by atoms with Crippen molar-refractivity contribution >= 4 is 24.0 Å². The Kier molecular flexibility index (Phi) is 6.29. The molecule has 0 radical (unpaired) electrons. The summed E-state index contributed by atoms with van der Waals surface area (Å²) in [6, 6.07) is 11.1. The molecule has 1 aliphatic rings. The van der Waals surface area contributed by atoms with E-state index in [2.05, 4.69) is 0 Å². The van der Waals surface area contributed by atoms with Gasteiger partial charge in [-0.1, -0.05) is 6.07 Å². The van der Waals surface area contributed by atoms with Crippen LogP contribution in [0, 0.1) is 0 Å². The number of esters is 3.